The lowest BCUT2D eigenvalue weighted by molar-refractivity contribution is -0.385. The molecular formula is C12H16N2O6. The number of nitrogens with one attached hydrogen (secondary N) is 1. The van der Waals surface area contributed by atoms with Gasteiger partial charge in [-0.1, -0.05) is 6.92 Å². The van der Waals surface area contributed by atoms with Crippen molar-refractivity contribution in [3.05, 3.63) is 33.9 Å². The molecular weight excluding hydrogens is 268 g/mol. The highest BCUT2D eigenvalue weighted by Crippen LogP contribution is 2.26. The second-order valence-electron chi connectivity index (χ2n) is 4.37. The van der Waals surface area contributed by atoms with Crippen molar-refractivity contribution in [1.29, 1.82) is 0 Å². The monoisotopic (exact) mass is 284 g/mol. The summed E-state index contributed by atoms with van der Waals surface area (Å²) < 4.78 is 0. The van der Waals surface area contributed by atoms with Crippen LogP contribution in [0.1, 0.15) is 23.7 Å². The molecule has 0 atom stereocenters. The molecule has 1 aromatic rings. The number of nitro groups is 1. The number of hydrogen-bond donors (Lipinski definition) is 4. The number of aliphatic hydroxyl groups excluding tert-OH is 2. The second kappa shape index (κ2) is 6.31. The van der Waals surface area contributed by atoms with Crippen LogP contribution in [0.2, 0.25) is 0 Å². The largest absolute Gasteiger partial charge is 0.477 e. The Morgan fingerprint density at radius 3 is 2.40 bits per heavy atom. The minimum Gasteiger partial charge on any atom is -0.477 e. The number of rotatable bonds is 7. The van der Waals surface area contributed by atoms with Crippen LogP contribution in [-0.4, -0.2) is 45.0 Å². The third-order valence-corrected chi connectivity index (χ3v) is 3.12. The van der Waals surface area contributed by atoms with Gasteiger partial charge in [-0.05, 0) is 18.6 Å². The van der Waals surface area contributed by atoms with E-state index < -0.39 is 27.7 Å². The molecule has 1 rings (SSSR count). The summed E-state index contributed by atoms with van der Waals surface area (Å²) in [6.07, 6.45) is 0.383. The SMILES string of the molecule is CCC(CO)(CO)Nc1ccc(C(=O)O)c([N+](=O)[O-])c1. The molecule has 8 nitrogen and oxygen atoms in total. The van der Waals surface area contributed by atoms with Gasteiger partial charge < -0.3 is 20.6 Å². The molecule has 0 unspecified atom stereocenters. The Bertz CT molecular complexity index is 504. The molecule has 20 heavy (non-hydrogen) atoms. The van der Waals surface area contributed by atoms with Crippen molar-refractivity contribution in [3.8, 4) is 0 Å². The standard InChI is InChI=1S/C12H16N2O6/c1-2-12(6-15,7-16)13-8-3-4-9(11(17)18)10(5-8)14(19)20/h3-5,13,15-16H,2,6-7H2,1H3,(H,17,18). The molecule has 0 aliphatic rings. The van der Waals surface area contributed by atoms with E-state index in [2.05, 4.69) is 5.32 Å². The van der Waals surface area contributed by atoms with Crippen LogP contribution in [0.15, 0.2) is 18.2 Å². The first kappa shape index (κ1) is 15.9. The van der Waals surface area contributed by atoms with Crippen molar-refractivity contribution in [2.24, 2.45) is 0 Å². The van der Waals surface area contributed by atoms with E-state index in [-0.39, 0.29) is 18.9 Å². The molecule has 4 N–H and O–H groups in total. The molecule has 0 aromatic heterocycles. The first-order valence-electron chi connectivity index (χ1n) is 5.90. The van der Waals surface area contributed by atoms with Gasteiger partial charge in [0.05, 0.1) is 23.7 Å². The zero-order valence-corrected chi connectivity index (χ0v) is 10.9. The van der Waals surface area contributed by atoms with Gasteiger partial charge in [0.15, 0.2) is 0 Å². The smallest absolute Gasteiger partial charge is 0.342 e. The Labute approximate surface area is 114 Å². The zero-order valence-electron chi connectivity index (χ0n) is 10.9. The van der Waals surface area contributed by atoms with Crippen LogP contribution in [0.3, 0.4) is 0 Å². The molecule has 0 amide bonds. The van der Waals surface area contributed by atoms with Crippen LogP contribution in [0.5, 0.6) is 0 Å². The summed E-state index contributed by atoms with van der Waals surface area (Å²) in [7, 11) is 0. The van der Waals surface area contributed by atoms with Gasteiger partial charge in [0.1, 0.15) is 5.56 Å². The fourth-order valence-electron chi connectivity index (χ4n) is 1.69. The normalized spacial score (nSPS) is 11.2. The van der Waals surface area contributed by atoms with Gasteiger partial charge in [0, 0.05) is 11.8 Å². The van der Waals surface area contributed by atoms with Crippen LogP contribution in [-0.2, 0) is 0 Å². The maximum Gasteiger partial charge on any atom is 0.342 e. The number of carboxylic acids is 1. The van der Waals surface area contributed by atoms with Gasteiger partial charge in [-0.25, -0.2) is 4.79 Å². The lowest BCUT2D eigenvalue weighted by atomic mass is 9.97. The summed E-state index contributed by atoms with van der Waals surface area (Å²) in [5.41, 5.74) is -1.73. The number of nitro benzene ring substituents is 1. The zero-order chi connectivity index (χ0) is 15.3. The molecule has 8 heteroatoms. The van der Waals surface area contributed by atoms with Crippen molar-refractivity contribution in [3.63, 3.8) is 0 Å². The van der Waals surface area contributed by atoms with E-state index in [1.165, 1.54) is 6.07 Å². The summed E-state index contributed by atoms with van der Waals surface area (Å²) in [4.78, 5) is 21.0. The number of hydrogen-bond acceptors (Lipinski definition) is 6. The van der Waals surface area contributed by atoms with Crippen LogP contribution < -0.4 is 5.32 Å². The average molecular weight is 284 g/mol. The van der Waals surface area contributed by atoms with E-state index in [0.29, 0.717) is 6.42 Å². The second-order valence-corrected chi connectivity index (χ2v) is 4.37. The first-order valence-corrected chi connectivity index (χ1v) is 5.90. The highest BCUT2D eigenvalue weighted by Gasteiger charge is 2.28. The summed E-state index contributed by atoms with van der Waals surface area (Å²) >= 11 is 0. The Morgan fingerprint density at radius 2 is 2.00 bits per heavy atom. The van der Waals surface area contributed by atoms with E-state index in [0.717, 1.165) is 12.1 Å². The average Bonchev–Trinajstić information content (AvgIpc) is 2.44. The number of carboxylic acid groups (broad SMARTS) is 1. The van der Waals surface area contributed by atoms with E-state index in [1.54, 1.807) is 6.92 Å². The van der Waals surface area contributed by atoms with E-state index in [9.17, 15) is 25.1 Å². The van der Waals surface area contributed by atoms with Crippen molar-refractivity contribution < 1.29 is 25.0 Å². The fraction of sp³-hybridized carbons (Fsp3) is 0.417. The van der Waals surface area contributed by atoms with Gasteiger partial charge in [-0.15, -0.1) is 0 Å². The minimum absolute atomic E-state index is 0.256. The maximum absolute atomic E-state index is 10.9. The lowest BCUT2D eigenvalue weighted by Gasteiger charge is -2.30. The summed E-state index contributed by atoms with van der Waals surface area (Å²) in [5, 5.41) is 41.2. The molecule has 0 spiro atoms. The maximum atomic E-state index is 10.9. The van der Waals surface area contributed by atoms with Crippen LogP contribution in [0.4, 0.5) is 11.4 Å². The van der Waals surface area contributed by atoms with Crippen LogP contribution in [0.25, 0.3) is 0 Å². The van der Waals surface area contributed by atoms with Gasteiger partial charge >= 0.3 is 5.97 Å². The van der Waals surface area contributed by atoms with E-state index in [1.807, 2.05) is 0 Å². The van der Waals surface area contributed by atoms with Crippen LogP contribution in [0, 0.1) is 10.1 Å². The molecule has 0 bridgehead atoms. The Hall–Kier alpha value is -2.19. The summed E-state index contributed by atoms with van der Waals surface area (Å²) in [6.45, 7) is 1.00. The van der Waals surface area contributed by atoms with Gasteiger partial charge in [0.2, 0.25) is 0 Å². The lowest BCUT2D eigenvalue weighted by Crippen LogP contribution is -2.45. The summed E-state index contributed by atoms with van der Waals surface area (Å²) in [6, 6.07) is 3.53. The number of aromatic carboxylic acids is 1. The molecule has 1 aromatic carbocycles. The Balaban J connectivity index is 3.19. The minimum atomic E-state index is -1.39. The molecule has 0 saturated carbocycles. The number of aliphatic hydroxyl groups is 2. The van der Waals surface area contributed by atoms with E-state index in [4.69, 9.17) is 5.11 Å². The fourth-order valence-corrected chi connectivity index (χ4v) is 1.69. The molecule has 0 aliphatic heterocycles. The van der Waals surface area contributed by atoms with Crippen LogP contribution >= 0.6 is 0 Å². The van der Waals surface area contributed by atoms with E-state index >= 15 is 0 Å². The van der Waals surface area contributed by atoms with Crippen molar-refractivity contribution >= 4 is 17.3 Å². The number of nitrogens with zero attached hydrogens (tertiary/aromatic N) is 1. The molecule has 0 fully saturated rings. The number of carbonyl (C=O) groups is 1. The molecule has 0 aliphatic carbocycles. The summed E-state index contributed by atoms with van der Waals surface area (Å²) in [5.74, 6) is -1.39. The Kier molecular flexibility index (Phi) is 5.00. The topological polar surface area (TPSA) is 133 Å². The number of benzene rings is 1. The first-order chi connectivity index (χ1) is 9.39. The highest BCUT2D eigenvalue weighted by atomic mass is 16.6. The van der Waals surface area contributed by atoms with Gasteiger partial charge in [-0.3, -0.25) is 10.1 Å². The van der Waals surface area contributed by atoms with Crippen molar-refractivity contribution in [2.75, 3.05) is 18.5 Å². The van der Waals surface area contributed by atoms with Crippen molar-refractivity contribution in [1.82, 2.24) is 0 Å². The molecule has 0 heterocycles. The molecule has 0 saturated heterocycles. The van der Waals surface area contributed by atoms with Gasteiger partial charge in [0.25, 0.3) is 5.69 Å². The predicted octanol–water partition coefficient (Wildman–Crippen LogP) is 0.838. The van der Waals surface area contributed by atoms with Gasteiger partial charge in [-0.2, -0.15) is 0 Å². The molecule has 0 radical (unpaired) electrons. The Morgan fingerprint density at radius 1 is 1.40 bits per heavy atom. The highest BCUT2D eigenvalue weighted by molar-refractivity contribution is 5.93. The number of anilines is 1. The quantitative estimate of drug-likeness (QED) is 0.430. The third kappa shape index (κ3) is 3.22. The molecule has 110 valence electrons. The predicted molar refractivity (Wildman–Crippen MR) is 70.9 cm³/mol. The third-order valence-electron chi connectivity index (χ3n) is 3.12. The van der Waals surface area contributed by atoms with Crippen molar-refractivity contribution in [2.45, 2.75) is 18.9 Å².